The number of hydrogen-bond donors (Lipinski definition) is 2. The van der Waals surface area contributed by atoms with Gasteiger partial charge in [0.25, 0.3) is 5.91 Å². The highest BCUT2D eigenvalue weighted by atomic mass is 32.2. The molecule has 0 saturated carbocycles. The largest absolute Gasteiger partial charge is 0.510 e. The summed E-state index contributed by atoms with van der Waals surface area (Å²) in [5.41, 5.74) is 3.44. The maximum Gasteiger partial charge on any atom is 0.265 e. The fraction of sp³-hybridized carbons (Fsp3) is 0.190. The van der Waals surface area contributed by atoms with Gasteiger partial charge in [-0.2, -0.15) is 9.94 Å². The van der Waals surface area contributed by atoms with E-state index in [1.54, 1.807) is 10.8 Å². The first-order valence-corrected chi connectivity index (χ1v) is 10.1. The molecule has 0 saturated heterocycles. The molecule has 0 radical (unpaired) electrons. The first-order chi connectivity index (χ1) is 14.5. The molecule has 3 rings (SSSR count). The second-order valence-electron chi connectivity index (χ2n) is 6.55. The minimum absolute atomic E-state index is 0.0209. The molecule has 0 bridgehead atoms. The number of benzene rings is 2. The van der Waals surface area contributed by atoms with Crippen LogP contribution >= 0.6 is 11.8 Å². The normalized spacial score (nSPS) is 11.5. The van der Waals surface area contributed by atoms with Crippen LogP contribution in [0.5, 0.6) is 0 Å². The molecule has 9 heteroatoms. The van der Waals surface area contributed by atoms with Crippen molar-refractivity contribution in [3.63, 3.8) is 0 Å². The Balaban J connectivity index is 1.71. The van der Waals surface area contributed by atoms with Gasteiger partial charge in [-0.1, -0.05) is 54.2 Å². The zero-order chi connectivity index (χ0) is 21.5. The van der Waals surface area contributed by atoms with Crippen molar-refractivity contribution in [3.8, 4) is 11.8 Å². The quantitative estimate of drug-likeness (QED) is 0.261. The van der Waals surface area contributed by atoms with Crippen LogP contribution in [-0.4, -0.2) is 37.0 Å². The van der Waals surface area contributed by atoms with E-state index >= 15 is 0 Å². The Kier molecular flexibility index (Phi) is 6.83. The summed E-state index contributed by atoms with van der Waals surface area (Å²) in [6.45, 7) is 4.19. The molecule has 2 aromatic carbocycles. The molecule has 0 aliphatic rings. The van der Waals surface area contributed by atoms with Crippen molar-refractivity contribution in [3.05, 3.63) is 76.6 Å². The summed E-state index contributed by atoms with van der Waals surface area (Å²) in [5, 5.41) is 34.5. The van der Waals surface area contributed by atoms with Gasteiger partial charge >= 0.3 is 0 Å². The van der Waals surface area contributed by atoms with Gasteiger partial charge in [0.05, 0.1) is 11.4 Å². The Hall–Kier alpha value is -3.64. The number of rotatable bonds is 7. The van der Waals surface area contributed by atoms with Crippen molar-refractivity contribution >= 4 is 17.7 Å². The van der Waals surface area contributed by atoms with Crippen LogP contribution in [0.1, 0.15) is 16.7 Å². The van der Waals surface area contributed by atoms with Gasteiger partial charge in [0, 0.05) is 6.54 Å². The average molecular weight is 420 g/mol. The summed E-state index contributed by atoms with van der Waals surface area (Å²) in [6.07, 6.45) is 0. The molecule has 8 nitrogen and oxygen atoms in total. The van der Waals surface area contributed by atoms with Crippen molar-refractivity contribution in [1.82, 2.24) is 25.5 Å². The van der Waals surface area contributed by atoms with E-state index < -0.39 is 5.91 Å². The number of tetrazole rings is 1. The number of aliphatic hydroxyl groups excluding tert-OH is 1. The Labute approximate surface area is 178 Å². The summed E-state index contributed by atoms with van der Waals surface area (Å²) in [6, 6.07) is 17.0. The Bertz CT molecular complexity index is 1120. The molecule has 1 aromatic heterocycles. The minimum atomic E-state index is -0.631. The molecule has 0 aliphatic carbocycles. The zero-order valence-electron chi connectivity index (χ0n) is 16.5. The number of nitrogens with zero attached hydrogens (tertiary/aromatic N) is 5. The number of aryl methyl sites for hydroxylation is 2. The van der Waals surface area contributed by atoms with Crippen molar-refractivity contribution in [1.29, 1.82) is 5.26 Å². The number of nitrogens with one attached hydrogen (secondary N) is 1. The van der Waals surface area contributed by atoms with Gasteiger partial charge in [-0.05, 0) is 47.0 Å². The highest BCUT2D eigenvalue weighted by molar-refractivity contribution is 7.99. The van der Waals surface area contributed by atoms with E-state index in [1.807, 2.05) is 62.4 Å². The number of thioether (sulfide) groups is 1. The van der Waals surface area contributed by atoms with E-state index in [0.29, 0.717) is 5.16 Å². The monoisotopic (exact) mass is 420 g/mol. The second-order valence-corrected chi connectivity index (χ2v) is 7.50. The number of amides is 1. The number of aromatic nitrogens is 4. The standard InChI is InChI=1S/C21H20N6O2S/c1-14-8-9-15(2)18(10-14)27-21(24-25-26-27)30-13-19(28)17(11-22)20(29)23-12-16-6-4-3-5-7-16/h3-10,28H,12-13H2,1-2H3,(H,23,29)/b19-17-. The third kappa shape index (κ3) is 5.04. The maximum atomic E-state index is 12.3. The molecular weight excluding hydrogens is 400 g/mol. The van der Waals surface area contributed by atoms with Gasteiger partial charge in [0.1, 0.15) is 11.8 Å². The van der Waals surface area contributed by atoms with E-state index in [-0.39, 0.29) is 23.6 Å². The predicted molar refractivity (Wildman–Crippen MR) is 113 cm³/mol. The highest BCUT2D eigenvalue weighted by Gasteiger charge is 2.17. The fourth-order valence-corrected chi connectivity index (χ4v) is 3.45. The molecule has 30 heavy (non-hydrogen) atoms. The van der Waals surface area contributed by atoms with Crippen LogP contribution in [0.3, 0.4) is 0 Å². The van der Waals surface area contributed by atoms with Crippen LogP contribution in [0.4, 0.5) is 0 Å². The van der Waals surface area contributed by atoms with Crippen LogP contribution in [0.2, 0.25) is 0 Å². The van der Waals surface area contributed by atoms with E-state index in [4.69, 9.17) is 0 Å². The summed E-state index contributed by atoms with van der Waals surface area (Å²) < 4.78 is 1.57. The third-order valence-corrected chi connectivity index (χ3v) is 5.23. The van der Waals surface area contributed by atoms with Crippen molar-refractivity contribution in [2.24, 2.45) is 0 Å². The van der Waals surface area contributed by atoms with E-state index in [0.717, 1.165) is 34.1 Å². The van der Waals surface area contributed by atoms with Crippen LogP contribution in [0, 0.1) is 25.2 Å². The van der Waals surface area contributed by atoms with Gasteiger partial charge in [-0.3, -0.25) is 4.79 Å². The van der Waals surface area contributed by atoms with E-state index in [2.05, 4.69) is 20.8 Å². The van der Waals surface area contributed by atoms with Crippen LogP contribution in [-0.2, 0) is 11.3 Å². The van der Waals surface area contributed by atoms with Crippen LogP contribution < -0.4 is 5.32 Å². The van der Waals surface area contributed by atoms with Crippen LogP contribution in [0.15, 0.2) is 65.0 Å². The third-order valence-electron chi connectivity index (χ3n) is 4.30. The molecular formula is C21H20N6O2S. The molecule has 0 unspecified atom stereocenters. The van der Waals surface area contributed by atoms with E-state index in [9.17, 15) is 15.2 Å². The number of carbonyl (C=O) groups excluding carboxylic acids is 1. The lowest BCUT2D eigenvalue weighted by molar-refractivity contribution is -0.117. The number of nitriles is 1. The smallest absolute Gasteiger partial charge is 0.265 e. The van der Waals surface area contributed by atoms with Gasteiger partial charge in [0.2, 0.25) is 5.16 Å². The van der Waals surface area contributed by atoms with Crippen molar-refractivity contribution < 1.29 is 9.90 Å². The van der Waals surface area contributed by atoms with Crippen molar-refractivity contribution in [2.45, 2.75) is 25.5 Å². The molecule has 2 N–H and O–H groups in total. The summed E-state index contributed by atoms with van der Waals surface area (Å²) in [4.78, 5) is 12.3. The lowest BCUT2D eigenvalue weighted by Gasteiger charge is -2.09. The predicted octanol–water partition coefficient (Wildman–Crippen LogP) is 3.02. The number of carbonyl (C=O) groups is 1. The highest BCUT2D eigenvalue weighted by Crippen LogP contribution is 2.23. The Morgan fingerprint density at radius 2 is 2.00 bits per heavy atom. The van der Waals surface area contributed by atoms with Gasteiger partial charge in [-0.15, -0.1) is 5.10 Å². The first kappa shape index (κ1) is 21.1. The molecule has 0 aliphatic heterocycles. The summed E-state index contributed by atoms with van der Waals surface area (Å²) in [7, 11) is 0. The summed E-state index contributed by atoms with van der Waals surface area (Å²) >= 11 is 1.13. The van der Waals surface area contributed by atoms with Gasteiger partial charge in [0.15, 0.2) is 5.57 Å². The number of hydrogen-bond acceptors (Lipinski definition) is 7. The lowest BCUT2D eigenvalue weighted by Crippen LogP contribution is -2.25. The lowest BCUT2D eigenvalue weighted by atomic mass is 10.1. The molecule has 0 atom stereocenters. The zero-order valence-corrected chi connectivity index (χ0v) is 17.3. The van der Waals surface area contributed by atoms with Gasteiger partial charge in [-0.25, -0.2) is 0 Å². The Morgan fingerprint density at radius 3 is 2.73 bits per heavy atom. The van der Waals surface area contributed by atoms with Gasteiger partial charge < -0.3 is 10.4 Å². The molecule has 0 spiro atoms. The molecule has 0 fully saturated rings. The minimum Gasteiger partial charge on any atom is -0.510 e. The molecule has 1 heterocycles. The molecule has 3 aromatic rings. The van der Waals surface area contributed by atoms with E-state index in [1.165, 1.54) is 0 Å². The first-order valence-electron chi connectivity index (χ1n) is 9.12. The molecule has 152 valence electrons. The maximum absolute atomic E-state index is 12.3. The summed E-state index contributed by atoms with van der Waals surface area (Å²) in [5.74, 6) is -0.982. The van der Waals surface area contributed by atoms with Crippen LogP contribution in [0.25, 0.3) is 5.69 Å². The fourth-order valence-electron chi connectivity index (χ4n) is 2.69. The average Bonchev–Trinajstić information content (AvgIpc) is 3.22. The Morgan fingerprint density at radius 1 is 1.23 bits per heavy atom. The SMILES string of the molecule is Cc1ccc(C)c(-n2nnnc2SC/C(O)=C(\C#N)C(=O)NCc2ccccc2)c1. The number of aliphatic hydroxyl groups is 1. The second kappa shape index (κ2) is 9.71. The molecule has 1 amide bonds. The topological polar surface area (TPSA) is 117 Å². The van der Waals surface area contributed by atoms with Crippen molar-refractivity contribution in [2.75, 3.05) is 5.75 Å².